The Labute approximate surface area is 170 Å². The average Bonchev–Trinajstić information content (AvgIpc) is 2.69. The van der Waals surface area contributed by atoms with Crippen molar-refractivity contribution in [3.05, 3.63) is 48.3 Å². The molecule has 0 fully saturated rings. The van der Waals surface area contributed by atoms with E-state index in [4.69, 9.17) is 9.47 Å². The molecule has 0 radical (unpaired) electrons. The van der Waals surface area contributed by atoms with Crippen molar-refractivity contribution in [2.24, 2.45) is 0 Å². The Morgan fingerprint density at radius 2 is 1.69 bits per heavy atom. The van der Waals surface area contributed by atoms with Gasteiger partial charge < -0.3 is 14.8 Å². The summed E-state index contributed by atoms with van der Waals surface area (Å²) in [5.74, 6) is -0.319. The lowest BCUT2D eigenvalue weighted by Gasteiger charge is -2.21. The third-order valence-corrected chi connectivity index (χ3v) is 6.11. The highest BCUT2D eigenvalue weighted by Crippen LogP contribution is 2.30. The Morgan fingerprint density at radius 3 is 2.28 bits per heavy atom. The van der Waals surface area contributed by atoms with Gasteiger partial charge in [0.1, 0.15) is 22.2 Å². The van der Waals surface area contributed by atoms with Crippen LogP contribution in [0.2, 0.25) is 0 Å². The molecule has 0 aliphatic heterocycles. The summed E-state index contributed by atoms with van der Waals surface area (Å²) in [6, 6.07) is 9.71. The molecule has 2 aromatic rings. The lowest BCUT2D eigenvalue weighted by atomic mass is 10.3. The second-order valence-electron chi connectivity index (χ2n) is 5.97. The van der Waals surface area contributed by atoms with Crippen molar-refractivity contribution in [1.82, 2.24) is 4.31 Å². The van der Waals surface area contributed by atoms with Gasteiger partial charge in [0, 0.05) is 18.8 Å². The van der Waals surface area contributed by atoms with E-state index in [0.717, 1.165) is 0 Å². The van der Waals surface area contributed by atoms with E-state index >= 15 is 0 Å². The van der Waals surface area contributed by atoms with E-state index in [2.05, 4.69) is 5.32 Å². The number of anilines is 1. The molecule has 29 heavy (non-hydrogen) atoms. The Kier molecular flexibility index (Phi) is 7.98. The summed E-state index contributed by atoms with van der Waals surface area (Å²) in [5, 5.41) is 2.60. The summed E-state index contributed by atoms with van der Waals surface area (Å²) < 4.78 is 50.9. The standard InChI is InChI=1S/C20H25FN2O5S/c1-4-23(5-2)29(25,26)19-13-16(9-12-18(19)27-6-3)22-20(24)14-28-17-10-7-15(21)8-11-17/h7-13H,4-6,14H2,1-3H3,(H,22,24). The molecule has 2 aromatic carbocycles. The van der Waals surface area contributed by atoms with E-state index in [-0.39, 0.29) is 17.3 Å². The van der Waals surface area contributed by atoms with E-state index in [0.29, 0.717) is 31.1 Å². The number of carbonyl (C=O) groups is 1. The van der Waals surface area contributed by atoms with Gasteiger partial charge in [0.25, 0.3) is 5.91 Å². The molecule has 0 saturated heterocycles. The van der Waals surface area contributed by atoms with E-state index in [9.17, 15) is 17.6 Å². The normalized spacial score (nSPS) is 11.3. The third kappa shape index (κ3) is 5.91. The first-order chi connectivity index (χ1) is 13.8. The number of hydrogen-bond donors (Lipinski definition) is 1. The first-order valence-electron chi connectivity index (χ1n) is 9.27. The number of hydrogen-bond acceptors (Lipinski definition) is 5. The molecule has 0 heterocycles. The highest BCUT2D eigenvalue weighted by Gasteiger charge is 2.26. The lowest BCUT2D eigenvalue weighted by molar-refractivity contribution is -0.118. The van der Waals surface area contributed by atoms with Crippen molar-refractivity contribution in [2.45, 2.75) is 25.7 Å². The molecule has 0 atom stereocenters. The maximum absolute atomic E-state index is 12.9. The number of amides is 1. The second kappa shape index (κ2) is 10.2. The molecule has 0 bridgehead atoms. The van der Waals surface area contributed by atoms with E-state index in [1.807, 2.05) is 0 Å². The van der Waals surface area contributed by atoms with E-state index in [1.54, 1.807) is 26.8 Å². The first kappa shape index (κ1) is 22.6. The van der Waals surface area contributed by atoms with Crippen LogP contribution in [0.3, 0.4) is 0 Å². The zero-order valence-corrected chi connectivity index (χ0v) is 17.5. The van der Waals surface area contributed by atoms with Crippen LogP contribution in [-0.4, -0.2) is 44.9 Å². The van der Waals surface area contributed by atoms with Gasteiger partial charge in [-0.15, -0.1) is 0 Å². The fourth-order valence-electron chi connectivity index (χ4n) is 2.64. The van der Waals surface area contributed by atoms with Crippen LogP contribution in [0, 0.1) is 5.82 Å². The van der Waals surface area contributed by atoms with Gasteiger partial charge in [0.05, 0.1) is 6.61 Å². The van der Waals surface area contributed by atoms with Crippen LogP contribution in [0.5, 0.6) is 11.5 Å². The zero-order valence-electron chi connectivity index (χ0n) is 16.6. The summed E-state index contributed by atoms with van der Waals surface area (Å²) in [5.41, 5.74) is 0.298. The van der Waals surface area contributed by atoms with Crippen molar-refractivity contribution >= 4 is 21.6 Å². The fourth-order valence-corrected chi connectivity index (χ4v) is 4.26. The molecule has 9 heteroatoms. The van der Waals surface area contributed by atoms with Gasteiger partial charge in [-0.1, -0.05) is 13.8 Å². The van der Waals surface area contributed by atoms with Crippen LogP contribution >= 0.6 is 0 Å². The van der Waals surface area contributed by atoms with Crippen LogP contribution in [-0.2, 0) is 14.8 Å². The van der Waals surface area contributed by atoms with Gasteiger partial charge in [-0.2, -0.15) is 4.31 Å². The number of halogens is 1. The predicted octanol–water partition coefficient (Wildman–Crippen LogP) is 3.27. The first-order valence-corrected chi connectivity index (χ1v) is 10.7. The molecular weight excluding hydrogens is 399 g/mol. The van der Waals surface area contributed by atoms with Crippen molar-refractivity contribution in [3.8, 4) is 11.5 Å². The van der Waals surface area contributed by atoms with Crippen molar-refractivity contribution in [3.63, 3.8) is 0 Å². The van der Waals surface area contributed by atoms with Gasteiger partial charge in [-0.25, -0.2) is 12.8 Å². The Balaban J connectivity index is 2.18. The molecule has 0 spiro atoms. The Bertz CT molecular complexity index is 928. The minimum absolute atomic E-state index is 0.0136. The van der Waals surface area contributed by atoms with Gasteiger partial charge in [0.15, 0.2) is 6.61 Å². The summed E-state index contributed by atoms with van der Waals surface area (Å²) >= 11 is 0. The van der Waals surface area contributed by atoms with Crippen LogP contribution in [0.25, 0.3) is 0 Å². The van der Waals surface area contributed by atoms with E-state index in [1.165, 1.54) is 40.7 Å². The van der Waals surface area contributed by atoms with Crippen molar-refractivity contribution < 1.29 is 27.1 Å². The topological polar surface area (TPSA) is 84.9 Å². The van der Waals surface area contributed by atoms with Crippen molar-refractivity contribution in [2.75, 3.05) is 31.6 Å². The molecule has 1 amide bonds. The number of benzene rings is 2. The highest BCUT2D eigenvalue weighted by molar-refractivity contribution is 7.89. The number of sulfonamides is 1. The Morgan fingerprint density at radius 1 is 1.03 bits per heavy atom. The number of carbonyl (C=O) groups excluding carboxylic acids is 1. The third-order valence-electron chi connectivity index (χ3n) is 4.03. The maximum Gasteiger partial charge on any atom is 0.262 e. The number of nitrogens with zero attached hydrogens (tertiary/aromatic N) is 1. The van der Waals surface area contributed by atoms with Crippen LogP contribution < -0.4 is 14.8 Å². The van der Waals surface area contributed by atoms with E-state index < -0.39 is 21.7 Å². The minimum atomic E-state index is -3.78. The lowest BCUT2D eigenvalue weighted by Crippen LogP contribution is -2.31. The number of ether oxygens (including phenoxy) is 2. The molecule has 0 aliphatic carbocycles. The summed E-state index contributed by atoms with van der Waals surface area (Å²) in [4.78, 5) is 12.2. The van der Waals surface area contributed by atoms with Crippen molar-refractivity contribution in [1.29, 1.82) is 0 Å². The monoisotopic (exact) mass is 424 g/mol. The predicted molar refractivity (Wildman–Crippen MR) is 108 cm³/mol. The zero-order chi connectivity index (χ0) is 21.4. The van der Waals surface area contributed by atoms with Crippen LogP contribution in [0.4, 0.5) is 10.1 Å². The SMILES string of the molecule is CCOc1ccc(NC(=O)COc2ccc(F)cc2)cc1S(=O)(=O)N(CC)CC. The molecule has 1 N–H and O–H groups in total. The fraction of sp³-hybridized carbons (Fsp3) is 0.350. The molecule has 0 aliphatic rings. The summed E-state index contributed by atoms with van der Waals surface area (Å²) in [7, 11) is -3.78. The summed E-state index contributed by atoms with van der Waals surface area (Å²) in [6.07, 6.45) is 0. The average molecular weight is 424 g/mol. The Hall–Kier alpha value is -2.65. The molecule has 2 rings (SSSR count). The second-order valence-corrected chi connectivity index (χ2v) is 7.88. The molecule has 0 aromatic heterocycles. The number of rotatable bonds is 10. The largest absolute Gasteiger partial charge is 0.492 e. The van der Waals surface area contributed by atoms with Gasteiger partial charge in [0.2, 0.25) is 10.0 Å². The van der Waals surface area contributed by atoms with Gasteiger partial charge >= 0.3 is 0 Å². The van der Waals surface area contributed by atoms with Gasteiger partial charge in [-0.3, -0.25) is 4.79 Å². The molecule has 7 nitrogen and oxygen atoms in total. The molecule has 0 saturated carbocycles. The van der Waals surface area contributed by atoms with Crippen LogP contribution in [0.15, 0.2) is 47.4 Å². The maximum atomic E-state index is 12.9. The van der Waals surface area contributed by atoms with Crippen LogP contribution in [0.1, 0.15) is 20.8 Å². The summed E-state index contributed by atoms with van der Waals surface area (Å²) in [6.45, 7) is 5.88. The highest BCUT2D eigenvalue weighted by atomic mass is 32.2. The minimum Gasteiger partial charge on any atom is -0.492 e. The quantitative estimate of drug-likeness (QED) is 0.633. The molecular formula is C20H25FN2O5S. The number of nitrogens with one attached hydrogen (secondary N) is 1. The molecule has 0 unspecified atom stereocenters. The molecule has 158 valence electrons. The smallest absolute Gasteiger partial charge is 0.262 e. The van der Waals surface area contributed by atoms with Gasteiger partial charge in [-0.05, 0) is 49.4 Å².